The fourth-order valence-corrected chi connectivity index (χ4v) is 1.76. The molecule has 2 rings (SSSR count). The molecule has 2 nitrogen and oxygen atoms in total. The molecular weight excluding hydrogens is 261 g/mol. The van der Waals surface area contributed by atoms with Gasteiger partial charge in [-0.15, -0.1) is 0 Å². The van der Waals surface area contributed by atoms with Crippen molar-refractivity contribution in [2.75, 3.05) is 6.26 Å². The molecular formula is C12H9F3N2S. The van der Waals surface area contributed by atoms with Gasteiger partial charge in [-0.1, -0.05) is 23.9 Å². The molecule has 94 valence electrons. The van der Waals surface area contributed by atoms with Crippen molar-refractivity contribution in [3.05, 3.63) is 42.2 Å². The molecule has 0 spiro atoms. The van der Waals surface area contributed by atoms with Gasteiger partial charge in [0.15, 0.2) is 5.16 Å². The fraction of sp³-hybridized carbons (Fsp3) is 0.167. The number of thioether (sulfide) groups is 1. The summed E-state index contributed by atoms with van der Waals surface area (Å²) in [4.78, 5) is 8.07. The minimum absolute atomic E-state index is 0.456. The third-order valence-corrected chi connectivity index (χ3v) is 2.91. The Morgan fingerprint density at radius 3 is 2.28 bits per heavy atom. The van der Waals surface area contributed by atoms with E-state index in [4.69, 9.17) is 0 Å². The number of nitrogens with zero attached hydrogens (tertiary/aromatic N) is 2. The molecule has 0 amide bonds. The van der Waals surface area contributed by atoms with Gasteiger partial charge in [-0.3, -0.25) is 0 Å². The van der Waals surface area contributed by atoms with Crippen LogP contribution in [-0.4, -0.2) is 16.2 Å². The Hall–Kier alpha value is -1.56. The lowest BCUT2D eigenvalue weighted by atomic mass is 10.1. The molecule has 1 heterocycles. The quantitative estimate of drug-likeness (QED) is 0.611. The molecule has 6 heteroatoms. The van der Waals surface area contributed by atoms with Gasteiger partial charge in [0.25, 0.3) is 0 Å². The number of hydrogen-bond acceptors (Lipinski definition) is 3. The zero-order chi connectivity index (χ0) is 13.2. The largest absolute Gasteiger partial charge is 0.416 e. The summed E-state index contributed by atoms with van der Waals surface area (Å²) in [6.45, 7) is 0. The highest BCUT2D eigenvalue weighted by atomic mass is 32.2. The molecule has 1 aromatic heterocycles. The number of hydrogen-bond donors (Lipinski definition) is 0. The van der Waals surface area contributed by atoms with Crippen LogP contribution in [-0.2, 0) is 6.18 Å². The number of benzene rings is 1. The monoisotopic (exact) mass is 270 g/mol. The van der Waals surface area contributed by atoms with E-state index in [1.807, 2.05) is 6.26 Å². The zero-order valence-corrected chi connectivity index (χ0v) is 10.2. The van der Waals surface area contributed by atoms with Gasteiger partial charge in [0.05, 0.1) is 5.56 Å². The Morgan fingerprint density at radius 1 is 1.06 bits per heavy atom. The lowest BCUT2D eigenvalue weighted by Gasteiger charge is -2.08. The average molecular weight is 270 g/mol. The summed E-state index contributed by atoms with van der Waals surface area (Å²) in [7, 11) is 0. The second kappa shape index (κ2) is 4.97. The summed E-state index contributed by atoms with van der Waals surface area (Å²) in [6, 6.07) is 5.12. The predicted octanol–water partition coefficient (Wildman–Crippen LogP) is 3.88. The van der Waals surface area contributed by atoms with Gasteiger partial charge < -0.3 is 0 Å². The van der Waals surface area contributed by atoms with Crippen molar-refractivity contribution >= 4 is 11.8 Å². The van der Waals surface area contributed by atoms with Gasteiger partial charge in [-0.2, -0.15) is 13.2 Å². The molecule has 0 bridgehead atoms. The Balaban J connectivity index is 2.38. The second-order valence-corrected chi connectivity index (χ2v) is 4.31. The van der Waals surface area contributed by atoms with Crippen LogP contribution in [0.25, 0.3) is 11.1 Å². The highest BCUT2D eigenvalue weighted by molar-refractivity contribution is 7.98. The first-order valence-corrected chi connectivity index (χ1v) is 6.27. The second-order valence-electron chi connectivity index (χ2n) is 3.54. The summed E-state index contributed by atoms with van der Waals surface area (Å²) >= 11 is 1.38. The number of alkyl halides is 3. The number of aromatic nitrogens is 2. The van der Waals surface area contributed by atoms with E-state index in [1.165, 1.54) is 30.2 Å². The van der Waals surface area contributed by atoms with Crippen molar-refractivity contribution < 1.29 is 13.2 Å². The van der Waals surface area contributed by atoms with Crippen LogP contribution in [0.2, 0.25) is 0 Å². The molecule has 0 saturated heterocycles. The summed E-state index contributed by atoms with van der Waals surface area (Å²) < 4.78 is 37.7. The van der Waals surface area contributed by atoms with E-state index in [9.17, 15) is 13.2 Å². The molecule has 1 aromatic carbocycles. The molecule has 0 atom stereocenters. The van der Waals surface area contributed by atoms with Crippen molar-refractivity contribution in [2.24, 2.45) is 0 Å². The molecule has 0 aliphatic carbocycles. The minimum Gasteiger partial charge on any atom is -0.230 e. The summed E-state index contributed by atoms with van der Waals surface area (Å²) in [5, 5.41) is 0.589. The van der Waals surface area contributed by atoms with Gasteiger partial charge in [0, 0.05) is 18.0 Å². The van der Waals surface area contributed by atoms with Crippen molar-refractivity contribution in [1.29, 1.82) is 0 Å². The van der Waals surface area contributed by atoms with E-state index in [1.54, 1.807) is 6.07 Å². The highest BCUT2D eigenvalue weighted by Crippen LogP contribution is 2.31. The van der Waals surface area contributed by atoms with Crippen LogP contribution in [0.1, 0.15) is 5.56 Å². The molecule has 0 aliphatic rings. The summed E-state index contributed by atoms with van der Waals surface area (Å²) in [5.74, 6) is 0. The van der Waals surface area contributed by atoms with Crippen LogP contribution < -0.4 is 0 Å². The third kappa shape index (κ3) is 2.81. The Morgan fingerprint density at radius 2 is 1.72 bits per heavy atom. The minimum atomic E-state index is -4.34. The fourth-order valence-electron chi connectivity index (χ4n) is 1.45. The van der Waals surface area contributed by atoms with Crippen LogP contribution in [0.15, 0.2) is 41.8 Å². The van der Waals surface area contributed by atoms with Gasteiger partial charge in [0.1, 0.15) is 0 Å². The molecule has 0 fully saturated rings. The van der Waals surface area contributed by atoms with Gasteiger partial charge >= 0.3 is 6.18 Å². The lowest BCUT2D eigenvalue weighted by molar-refractivity contribution is -0.137. The van der Waals surface area contributed by atoms with Crippen LogP contribution >= 0.6 is 11.8 Å². The van der Waals surface area contributed by atoms with Crippen LogP contribution in [0.3, 0.4) is 0 Å². The van der Waals surface area contributed by atoms with Gasteiger partial charge in [-0.05, 0) is 24.0 Å². The topological polar surface area (TPSA) is 25.8 Å². The highest BCUT2D eigenvalue weighted by Gasteiger charge is 2.30. The zero-order valence-electron chi connectivity index (χ0n) is 9.40. The number of halogens is 3. The molecule has 0 aliphatic heterocycles. The van der Waals surface area contributed by atoms with Crippen LogP contribution in [0, 0.1) is 0 Å². The molecule has 18 heavy (non-hydrogen) atoms. The van der Waals surface area contributed by atoms with E-state index in [2.05, 4.69) is 9.97 Å². The molecule has 0 radical (unpaired) electrons. The molecule has 2 aromatic rings. The first-order valence-electron chi connectivity index (χ1n) is 5.04. The van der Waals surface area contributed by atoms with E-state index >= 15 is 0 Å². The van der Waals surface area contributed by atoms with Crippen molar-refractivity contribution in [1.82, 2.24) is 9.97 Å². The standard InChI is InChI=1S/C12H9F3N2S/c1-18-11-16-6-9(7-17-11)8-3-2-4-10(5-8)12(13,14)15/h2-7H,1H3. The van der Waals surface area contributed by atoms with E-state index < -0.39 is 11.7 Å². The SMILES string of the molecule is CSc1ncc(-c2cccc(C(F)(F)F)c2)cn1. The molecule has 0 saturated carbocycles. The normalized spacial score (nSPS) is 11.6. The number of rotatable bonds is 2. The third-order valence-electron chi connectivity index (χ3n) is 2.33. The predicted molar refractivity (Wildman–Crippen MR) is 64.3 cm³/mol. The maximum absolute atomic E-state index is 12.6. The van der Waals surface area contributed by atoms with Crippen LogP contribution in [0.4, 0.5) is 13.2 Å². The Labute approximate surface area is 106 Å². The Kier molecular flexibility index (Phi) is 3.56. The van der Waals surface area contributed by atoms with E-state index in [0.29, 0.717) is 16.3 Å². The Bertz CT molecular complexity index is 538. The summed E-state index contributed by atoms with van der Waals surface area (Å²) in [5.41, 5.74) is 0.352. The van der Waals surface area contributed by atoms with Crippen LogP contribution in [0.5, 0.6) is 0 Å². The van der Waals surface area contributed by atoms with Gasteiger partial charge in [-0.25, -0.2) is 9.97 Å². The van der Waals surface area contributed by atoms with Crippen molar-refractivity contribution in [3.8, 4) is 11.1 Å². The lowest BCUT2D eigenvalue weighted by Crippen LogP contribution is -2.04. The summed E-state index contributed by atoms with van der Waals surface area (Å²) in [6.07, 6.45) is 0.540. The smallest absolute Gasteiger partial charge is 0.230 e. The maximum Gasteiger partial charge on any atom is 0.416 e. The first-order chi connectivity index (χ1) is 8.50. The van der Waals surface area contributed by atoms with E-state index in [-0.39, 0.29) is 0 Å². The average Bonchev–Trinajstić information content (AvgIpc) is 2.38. The first kappa shape index (κ1) is 12.9. The molecule has 0 N–H and O–H groups in total. The van der Waals surface area contributed by atoms with Gasteiger partial charge in [0.2, 0.25) is 0 Å². The maximum atomic E-state index is 12.6. The van der Waals surface area contributed by atoms with E-state index in [0.717, 1.165) is 12.1 Å². The van der Waals surface area contributed by atoms with Crippen molar-refractivity contribution in [3.63, 3.8) is 0 Å². The molecule has 0 unspecified atom stereocenters. The van der Waals surface area contributed by atoms with Crippen molar-refractivity contribution in [2.45, 2.75) is 11.3 Å².